The zero-order chi connectivity index (χ0) is 39.8. The number of hydrogen-bond acceptors (Lipinski definition) is 6. The second-order valence-electron chi connectivity index (χ2n) is 14.9. The third kappa shape index (κ3) is 11.0. The second-order valence-corrected chi connectivity index (χ2v) is 15.9. The van der Waals surface area contributed by atoms with Crippen molar-refractivity contribution in [3.8, 4) is 17.6 Å². The van der Waals surface area contributed by atoms with Gasteiger partial charge in [0.25, 0.3) is 11.8 Å². The minimum atomic E-state index is -1.03. The number of amides is 2. The zero-order valence-electron chi connectivity index (χ0n) is 31.9. The van der Waals surface area contributed by atoms with Gasteiger partial charge in [-0.25, -0.2) is 5.01 Å². The van der Waals surface area contributed by atoms with Crippen molar-refractivity contribution >= 4 is 41.0 Å². The minimum Gasteiger partial charge on any atom is -0.457 e. The Balaban J connectivity index is 0.000000241. The standard InChI is InChI=1S/C22H19Cl2NO3.C22H28N2O2/c1-22(2)17(12-19(23)24)20(22)21(26)28-18(13-25)14-7-6-10-16(11-14)27-15-8-4-3-5-9-15;1-7-17-8-10-18(11-9-17)20(25)23-24(22(4,5)6)21(26)19-13-15(2)12-16(3)14-19/h3-12,17-18,20H,1-2H3;8-14H,7H2,1-6H3,(H,23,25). The molecule has 3 unspecified atom stereocenters. The Morgan fingerprint density at radius 1 is 0.889 bits per heavy atom. The number of halogens is 2. The van der Waals surface area contributed by atoms with Crippen molar-refractivity contribution in [3.63, 3.8) is 0 Å². The van der Waals surface area contributed by atoms with Crippen LogP contribution in [-0.2, 0) is 16.0 Å². The lowest BCUT2D eigenvalue weighted by atomic mass is 10.0. The van der Waals surface area contributed by atoms with Crippen LogP contribution in [0, 0.1) is 42.4 Å². The number of ether oxygens (including phenoxy) is 2. The molecule has 4 aromatic rings. The summed E-state index contributed by atoms with van der Waals surface area (Å²) in [6.07, 6.45) is 1.53. The number of carbonyl (C=O) groups excluding carboxylic acids is 3. The van der Waals surface area contributed by atoms with Crippen molar-refractivity contribution in [2.45, 2.75) is 73.5 Å². The van der Waals surface area contributed by atoms with Crippen molar-refractivity contribution in [1.29, 1.82) is 5.26 Å². The van der Waals surface area contributed by atoms with Crippen LogP contribution in [0.5, 0.6) is 11.5 Å². The van der Waals surface area contributed by atoms with Crippen LogP contribution in [0.25, 0.3) is 0 Å². The zero-order valence-corrected chi connectivity index (χ0v) is 33.5. The molecule has 10 heteroatoms. The van der Waals surface area contributed by atoms with Gasteiger partial charge in [-0.15, -0.1) is 0 Å². The van der Waals surface area contributed by atoms with Crippen LogP contribution < -0.4 is 10.2 Å². The predicted molar refractivity (Wildman–Crippen MR) is 213 cm³/mol. The third-order valence-electron chi connectivity index (χ3n) is 9.14. The monoisotopic (exact) mass is 767 g/mol. The van der Waals surface area contributed by atoms with E-state index in [0.717, 1.165) is 17.5 Å². The summed E-state index contributed by atoms with van der Waals surface area (Å²) in [5.41, 5.74) is 6.76. The largest absolute Gasteiger partial charge is 0.457 e. The molecule has 3 atom stereocenters. The number of nitrogens with one attached hydrogen (secondary N) is 1. The Labute approximate surface area is 328 Å². The second kappa shape index (κ2) is 17.8. The number of aryl methyl sites for hydroxylation is 3. The van der Waals surface area contributed by atoms with Gasteiger partial charge in [-0.05, 0) is 113 Å². The molecular formula is C44H47Cl2N3O5. The topological polar surface area (TPSA) is 109 Å². The van der Waals surface area contributed by atoms with E-state index in [9.17, 15) is 19.6 Å². The molecule has 0 heterocycles. The number of para-hydroxylation sites is 1. The van der Waals surface area contributed by atoms with E-state index in [1.165, 1.54) is 10.6 Å². The lowest BCUT2D eigenvalue weighted by Crippen LogP contribution is -2.55. The Morgan fingerprint density at radius 3 is 2.06 bits per heavy atom. The predicted octanol–water partition coefficient (Wildman–Crippen LogP) is 10.6. The van der Waals surface area contributed by atoms with Gasteiger partial charge in [0.1, 0.15) is 22.1 Å². The van der Waals surface area contributed by atoms with Gasteiger partial charge in [0.15, 0.2) is 0 Å². The highest BCUT2D eigenvalue weighted by molar-refractivity contribution is 6.55. The molecule has 0 aromatic heterocycles. The molecule has 1 N–H and O–H groups in total. The van der Waals surface area contributed by atoms with Gasteiger partial charge in [-0.3, -0.25) is 19.8 Å². The number of esters is 1. The van der Waals surface area contributed by atoms with E-state index in [2.05, 4.69) is 12.3 Å². The SMILES string of the molecule is CC1(C)C(C=C(Cl)Cl)C1C(=O)OC(C#N)c1cccc(Oc2ccccc2)c1.CCc1ccc(C(=O)NN(C(=O)c2cc(C)cc(C)c2)C(C)(C)C)cc1. The van der Waals surface area contributed by atoms with Gasteiger partial charge < -0.3 is 9.47 Å². The summed E-state index contributed by atoms with van der Waals surface area (Å²) in [5.74, 6) is -0.222. The van der Waals surface area contributed by atoms with E-state index in [1.54, 1.807) is 42.5 Å². The first-order valence-electron chi connectivity index (χ1n) is 17.7. The summed E-state index contributed by atoms with van der Waals surface area (Å²) in [4.78, 5) is 38.4. The number of allylic oxidation sites excluding steroid dienone is 1. The summed E-state index contributed by atoms with van der Waals surface area (Å²) >= 11 is 11.5. The highest BCUT2D eigenvalue weighted by atomic mass is 35.5. The molecule has 0 saturated heterocycles. The van der Waals surface area contributed by atoms with Crippen molar-refractivity contribution in [2.24, 2.45) is 17.3 Å². The molecule has 54 heavy (non-hydrogen) atoms. The molecule has 5 rings (SSSR count). The molecule has 1 aliphatic rings. The average Bonchev–Trinajstić information content (AvgIpc) is 3.66. The highest BCUT2D eigenvalue weighted by Gasteiger charge is 2.62. The Bertz CT molecular complexity index is 2010. The van der Waals surface area contributed by atoms with Gasteiger partial charge >= 0.3 is 5.97 Å². The third-order valence-corrected chi connectivity index (χ3v) is 9.39. The maximum Gasteiger partial charge on any atom is 0.311 e. The molecule has 1 fully saturated rings. The Kier molecular flexibility index (Phi) is 13.7. The Hall–Kier alpha value is -5.10. The number of hydrazine groups is 1. The summed E-state index contributed by atoms with van der Waals surface area (Å²) < 4.78 is 11.4. The van der Waals surface area contributed by atoms with Gasteiger partial charge in [0.05, 0.1) is 11.5 Å². The van der Waals surface area contributed by atoms with Crippen molar-refractivity contribution < 1.29 is 23.9 Å². The van der Waals surface area contributed by atoms with Crippen LogP contribution in [0.4, 0.5) is 0 Å². The van der Waals surface area contributed by atoms with E-state index in [1.807, 2.05) is 115 Å². The Morgan fingerprint density at radius 2 is 1.50 bits per heavy atom. The van der Waals surface area contributed by atoms with Gasteiger partial charge in [0.2, 0.25) is 6.10 Å². The number of nitrogens with zero attached hydrogens (tertiary/aromatic N) is 2. The van der Waals surface area contributed by atoms with Gasteiger partial charge in [0, 0.05) is 16.7 Å². The molecule has 4 aromatic carbocycles. The van der Waals surface area contributed by atoms with Crippen LogP contribution in [0.15, 0.2) is 108 Å². The number of hydrogen-bond donors (Lipinski definition) is 1. The van der Waals surface area contributed by atoms with Crippen LogP contribution >= 0.6 is 23.2 Å². The van der Waals surface area contributed by atoms with Crippen LogP contribution in [0.2, 0.25) is 0 Å². The first kappa shape index (κ1) is 41.7. The van der Waals surface area contributed by atoms with E-state index in [4.69, 9.17) is 32.7 Å². The minimum absolute atomic E-state index is 0.114. The smallest absolute Gasteiger partial charge is 0.311 e. The summed E-state index contributed by atoms with van der Waals surface area (Å²) in [6.45, 7) is 15.5. The van der Waals surface area contributed by atoms with Crippen molar-refractivity contribution in [1.82, 2.24) is 10.4 Å². The van der Waals surface area contributed by atoms with E-state index < -0.39 is 17.6 Å². The first-order chi connectivity index (χ1) is 25.4. The van der Waals surface area contributed by atoms with Crippen LogP contribution in [-0.4, -0.2) is 28.3 Å². The lowest BCUT2D eigenvalue weighted by molar-refractivity contribution is -0.149. The van der Waals surface area contributed by atoms with E-state index in [-0.39, 0.29) is 33.6 Å². The molecular weight excluding hydrogens is 721 g/mol. The summed E-state index contributed by atoms with van der Waals surface area (Å²) in [6, 6.07) is 31.4. The van der Waals surface area contributed by atoms with Gasteiger partial charge in [-0.1, -0.05) is 104 Å². The van der Waals surface area contributed by atoms with Crippen molar-refractivity contribution in [2.75, 3.05) is 0 Å². The molecule has 1 aliphatic carbocycles. The average molecular weight is 769 g/mol. The molecule has 282 valence electrons. The normalized spacial score (nSPS) is 15.9. The molecule has 0 radical (unpaired) electrons. The number of benzene rings is 4. The summed E-state index contributed by atoms with van der Waals surface area (Å²) in [7, 11) is 0. The maximum absolute atomic E-state index is 13.1. The molecule has 0 spiro atoms. The highest BCUT2D eigenvalue weighted by Crippen LogP contribution is 2.60. The summed E-state index contributed by atoms with van der Waals surface area (Å²) in [5, 5.41) is 10.9. The molecule has 0 aliphatic heterocycles. The van der Waals surface area contributed by atoms with E-state index >= 15 is 0 Å². The van der Waals surface area contributed by atoms with E-state index in [0.29, 0.717) is 28.2 Å². The quantitative estimate of drug-likeness (QED) is 0.134. The molecule has 1 saturated carbocycles. The first-order valence-corrected chi connectivity index (χ1v) is 18.5. The fourth-order valence-electron chi connectivity index (χ4n) is 6.11. The van der Waals surface area contributed by atoms with Crippen LogP contribution in [0.1, 0.15) is 90.6 Å². The number of carbonyl (C=O) groups is 3. The fourth-order valence-corrected chi connectivity index (χ4v) is 6.38. The molecule has 8 nitrogen and oxygen atoms in total. The van der Waals surface area contributed by atoms with Gasteiger partial charge in [-0.2, -0.15) is 5.26 Å². The number of nitriles is 1. The fraction of sp³-hybridized carbons (Fsp3) is 0.318. The molecule has 0 bridgehead atoms. The number of rotatable bonds is 9. The van der Waals surface area contributed by atoms with Crippen LogP contribution in [0.3, 0.4) is 0 Å². The molecule has 2 amide bonds. The van der Waals surface area contributed by atoms with Crippen molar-refractivity contribution in [3.05, 3.63) is 141 Å². The maximum atomic E-state index is 13.1. The lowest BCUT2D eigenvalue weighted by Gasteiger charge is -2.35.